The SMILES string of the molecule is CC1CCN(c2cccc(Cl)c2[N+](=O)[O-])C(C)C1. The van der Waals surface area contributed by atoms with Gasteiger partial charge in [0, 0.05) is 12.6 Å². The third-order valence-electron chi connectivity index (χ3n) is 3.60. The van der Waals surface area contributed by atoms with E-state index >= 15 is 0 Å². The second-order valence-electron chi connectivity index (χ2n) is 5.04. The van der Waals surface area contributed by atoms with Gasteiger partial charge in [0.2, 0.25) is 0 Å². The number of hydrogen-bond donors (Lipinski definition) is 0. The number of nitro groups is 1. The number of anilines is 1. The van der Waals surface area contributed by atoms with E-state index in [9.17, 15) is 10.1 Å². The molecule has 1 aliphatic rings. The number of hydrogen-bond acceptors (Lipinski definition) is 3. The fourth-order valence-electron chi connectivity index (χ4n) is 2.68. The zero-order valence-corrected chi connectivity index (χ0v) is 11.4. The summed E-state index contributed by atoms with van der Waals surface area (Å²) in [6.45, 7) is 5.18. The Morgan fingerprint density at radius 2 is 2.17 bits per heavy atom. The maximum Gasteiger partial charge on any atom is 0.310 e. The van der Waals surface area contributed by atoms with Crippen LogP contribution in [0, 0.1) is 16.0 Å². The molecule has 0 N–H and O–H groups in total. The molecule has 2 rings (SSSR count). The lowest BCUT2D eigenvalue weighted by Gasteiger charge is -2.37. The van der Waals surface area contributed by atoms with E-state index in [-0.39, 0.29) is 15.6 Å². The normalized spacial score (nSPS) is 24.1. The highest BCUT2D eigenvalue weighted by Gasteiger charge is 2.29. The van der Waals surface area contributed by atoms with Crippen molar-refractivity contribution < 1.29 is 4.92 Å². The van der Waals surface area contributed by atoms with Crippen molar-refractivity contribution in [3.8, 4) is 0 Å². The lowest BCUT2D eigenvalue weighted by molar-refractivity contribution is -0.384. The summed E-state index contributed by atoms with van der Waals surface area (Å²) >= 11 is 5.95. The smallest absolute Gasteiger partial charge is 0.310 e. The standard InChI is InChI=1S/C13H17ClN2O2/c1-9-6-7-15(10(2)8-9)12-5-3-4-11(14)13(12)16(17)18/h3-5,9-10H,6-8H2,1-2H3. The van der Waals surface area contributed by atoms with Gasteiger partial charge < -0.3 is 4.90 Å². The maximum atomic E-state index is 11.2. The largest absolute Gasteiger partial charge is 0.363 e. The van der Waals surface area contributed by atoms with Crippen LogP contribution in [0.3, 0.4) is 0 Å². The van der Waals surface area contributed by atoms with Crippen LogP contribution in [0.4, 0.5) is 11.4 Å². The van der Waals surface area contributed by atoms with E-state index in [0.29, 0.717) is 17.6 Å². The number of benzene rings is 1. The number of nitro benzene ring substituents is 1. The van der Waals surface area contributed by atoms with E-state index in [1.54, 1.807) is 18.2 Å². The van der Waals surface area contributed by atoms with Crippen molar-refractivity contribution in [2.45, 2.75) is 32.7 Å². The zero-order chi connectivity index (χ0) is 13.3. The van der Waals surface area contributed by atoms with Crippen molar-refractivity contribution in [1.29, 1.82) is 0 Å². The molecule has 4 nitrogen and oxygen atoms in total. The van der Waals surface area contributed by atoms with Crippen molar-refractivity contribution in [3.05, 3.63) is 33.3 Å². The first-order chi connectivity index (χ1) is 8.50. The summed E-state index contributed by atoms with van der Waals surface area (Å²) in [6, 6.07) is 5.44. The summed E-state index contributed by atoms with van der Waals surface area (Å²) in [6.07, 6.45) is 2.12. The lowest BCUT2D eigenvalue weighted by atomic mass is 9.93. The van der Waals surface area contributed by atoms with Crippen LogP contribution >= 0.6 is 11.6 Å². The summed E-state index contributed by atoms with van der Waals surface area (Å²) in [4.78, 5) is 12.9. The van der Waals surface area contributed by atoms with Crippen LogP contribution in [0.15, 0.2) is 18.2 Å². The quantitative estimate of drug-likeness (QED) is 0.604. The third-order valence-corrected chi connectivity index (χ3v) is 3.90. The van der Waals surface area contributed by atoms with Crippen molar-refractivity contribution in [2.75, 3.05) is 11.4 Å². The predicted octanol–water partition coefficient (Wildman–Crippen LogP) is 3.87. The molecule has 1 aliphatic heterocycles. The van der Waals surface area contributed by atoms with Gasteiger partial charge in [0.05, 0.1) is 4.92 Å². The van der Waals surface area contributed by atoms with Gasteiger partial charge in [-0.25, -0.2) is 0 Å². The van der Waals surface area contributed by atoms with E-state index < -0.39 is 0 Å². The molecule has 0 aromatic heterocycles. The molecule has 1 aromatic carbocycles. The molecule has 18 heavy (non-hydrogen) atoms. The van der Waals surface area contributed by atoms with E-state index in [0.717, 1.165) is 19.4 Å². The fraction of sp³-hybridized carbons (Fsp3) is 0.538. The Hall–Kier alpha value is -1.29. The second kappa shape index (κ2) is 5.14. The van der Waals surface area contributed by atoms with Gasteiger partial charge >= 0.3 is 5.69 Å². The summed E-state index contributed by atoms with van der Waals surface area (Å²) < 4.78 is 0. The van der Waals surface area contributed by atoms with Crippen LogP contribution < -0.4 is 4.90 Å². The summed E-state index contributed by atoms with van der Waals surface area (Å²) in [5.74, 6) is 0.675. The Morgan fingerprint density at radius 3 is 2.78 bits per heavy atom. The average Bonchev–Trinajstić information content (AvgIpc) is 2.28. The van der Waals surface area contributed by atoms with Crippen LogP contribution in [-0.2, 0) is 0 Å². The molecule has 0 saturated carbocycles. The van der Waals surface area contributed by atoms with Gasteiger partial charge in [0.15, 0.2) is 0 Å². The minimum atomic E-state index is -0.386. The first kappa shape index (κ1) is 13.1. The molecule has 0 amide bonds. The van der Waals surface area contributed by atoms with Gasteiger partial charge in [-0.05, 0) is 37.8 Å². The number of halogens is 1. The molecule has 98 valence electrons. The zero-order valence-electron chi connectivity index (χ0n) is 10.6. The highest BCUT2D eigenvalue weighted by molar-refractivity contribution is 6.33. The van der Waals surface area contributed by atoms with Crippen molar-refractivity contribution in [2.24, 2.45) is 5.92 Å². The molecule has 5 heteroatoms. The van der Waals surface area contributed by atoms with Crippen LogP contribution in [0.25, 0.3) is 0 Å². The van der Waals surface area contributed by atoms with Crippen molar-refractivity contribution in [1.82, 2.24) is 0 Å². The molecule has 0 spiro atoms. The number of nitrogens with zero attached hydrogens (tertiary/aromatic N) is 2. The number of rotatable bonds is 2. The molecule has 1 heterocycles. The Balaban J connectivity index is 2.39. The van der Waals surface area contributed by atoms with Gasteiger partial charge in [-0.2, -0.15) is 0 Å². The number of piperidine rings is 1. The van der Waals surface area contributed by atoms with Crippen molar-refractivity contribution in [3.63, 3.8) is 0 Å². The third kappa shape index (κ3) is 2.43. The molecule has 0 aliphatic carbocycles. The topological polar surface area (TPSA) is 46.4 Å². The maximum absolute atomic E-state index is 11.2. The summed E-state index contributed by atoms with van der Waals surface area (Å²) in [7, 11) is 0. The van der Waals surface area contributed by atoms with E-state index in [1.807, 2.05) is 0 Å². The van der Waals surface area contributed by atoms with Gasteiger partial charge in [0.1, 0.15) is 10.7 Å². The van der Waals surface area contributed by atoms with E-state index in [1.165, 1.54) is 0 Å². The first-order valence-corrected chi connectivity index (χ1v) is 6.58. The molecule has 1 saturated heterocycles. The highest BCUT2D eigenvalue weighted by Crippen LogP contribution is 2.38. The average molecular weight is 269 g/mol. The van der Waals surface area contributed by atoms with Crippen LogP contribution in [0.2, 0.25) is 5.02 Å². The predicted molar refractivity (Wildman–Crippen MR) is 73.3 cm³/mol. The van der Waals surface area contributed by atoms with E-state index in [4.69, 9.17) is 11.6 Å². The van der Waals surface area contributed by atoms with E-state index in [2.05, 4.69) is 18.7 Å². The second-order valence-corrected chi connectivity index (χ2v) is 5.44. The van der Waals surface area contributed by atoms with Gasteiger partial charge in [-0.1, -0.05) is 24.6 Å². The monoisotopic (exact) mass is 268 g/mol. The Bertz CT molecular complexity index is 464. The minimum Gasteiger partial charge on any atom is -0.363 e. The Kier molecular flexibility index (Phi) is 3.76. The molecule has 2 unspecified atom stereocenters. The van der Waals surface area contributed by atoms with Crippen molar-refractivity contribution >= 4 is 23.0 Å². The van der Waals surface area contributed by atoms with Crippen LogP contribution in [-0.4, -0.2) is 17.5 Å². The molecule has 1 aromatic rings. The molecule has 1 fully saturated rings. The Labute approximate surface area is 112 Å². The summed E-state index contributed by atoms with van der Waals surface area (Å²) in [5.41, 5.74) is 0.674. The molecule has 0 radical (unpaired) electrons. The molecule has 0 bridgehead atoms. The van der Waals surface area contributed by atoms with Crippen LogP contribution in [0.5, 0.6) is 0 Å². The Morgan fingerprint density at radius 1 is 1.44 bits per heavy atom. The first-order valence-electron chi connectivity index (χ1n) is 6.20. The molecular weight excluding hydrogens is 252 g/mol. The highest BCUT2D eigenvalue weighted by atomic mass is 35.5. The minimum absolute atomic E-state index is 0.0283. The molecule has 2 atom stereocenters. The fourth-order valence-corrected chi connectivity index (χ4v) is 2.92. The number of para-hydroxylation sites is 1. The summed E-state index contributed by atoms with van der Waals surface area (Å²) in [5, 5.41) is 11.4. The lowest BCUT2D eigenvalue weighted by Crippen LogP contribution is -2.40. The van der Waals surface area contributed by atoms with Crippen LogP contribution in [0.1, 0.15) is 26.7 Å². The van der Waals surface area contributed by atoms with Gasteiger partial charge in [0.25, 0.3) is 0 Å². The molecular formula is C13H17ClN2O2. The van der Waals surface area contributed by atoms with Gasteiger partial charge in [-0.3, -0.25) is 10.1 Å². The van der Waals surface area contributed by atoms with Gasteiger partial charge in [-0.15, -0.1) is 0 Å².